The summed E-state index contributed by atoms with van der Waals surface area (Å²) in [6, 6.07) is 4.11. The van der Waals surface area contributed by atoms with Crippen molar-refractivity contribution in [1.29, 1.82) is 0 Å². The van der Waals surface area contributed by atoms with E-state index in [-0.39, 0.29) is 0 Å². The Kier molecular flexibility index (Phi) is 5.00. The molecule has 4 nitrogen and oxygen atoms in total. The number of rotatable bonds is 3. The summed E-state index contributed by atoms with van der Waals surface area (Å²) in [5.41, 5.74) is 4.33. The van der Waals surface area contributed by atoms with Gasteiger partial charge in [-0.3, -0.25) is 4.90 Å². The third-order valence-electron chi connectivity index (χ3n) is 4.42. The Hall–Kier alpha value is -1.13. The Morgan fingerprint density at radius 1 is 1.35 bits per heavy atom. The van der Waals surface area contributed by atoms with Crippen LogP contribution in [0.25, 0.3) is 0 Å². The van der Waals surface area contributed by atoms with Gasteiger partial charge in [0.15, 0.2) is 0 Å². The van der Waals surface area contributed by atoms with Gasteiger partial charge in [0.1, 0.15) is 5.82 Å². The minimum absolute atomic E-state index is 0.434. The molecule has 20 heavy (non-hydrogen) atoms. The summed E-state index contributed by atoms with van der Waals surface area (Å²) in [5, 5.41) is 0. The first-order valence-electron chi connectivity index (χ1n) is 7.63. The highest BCUT2D eigenvalue weighted by Crippen LogP contribution is 2.34. The fourth-order valence-electron chi connectivity index (χ4n) is 3.09. The van der Waals surface area contributed by atoms with E-state index in [4.69, 9.17) is 5.84 Å². The van der Waals surface area contributed by atoms with E-state index in [2.05, 4.69) is 42.1 Å². The van der Waals surface area contributed by atoms with Gasteiger partial charge in [-0.25, -0.2) is 10.8 Å². The van der Waals surface area contributed by atoms with Crippen molar-refractivity contribution in [3.05, 3.63) is 23.9 Å². The molecule has 0 aliphatic carbocycles. The van der Waals surface area contributed by atoms with Crippen molar-refractivity contribution in [3.63, 3.8) is 0 Å². The minimum Gasteiger partial charge on any atom is -0.308 e. The molecule has 0 aromatic carbocycles. The van der Waals surface area contributed by atoms with Crippen LogP contribution in [0.3, 0.4) is 0 Å². The first-order valence-corrected chi connectivity index (χ1v) is 7.63. The number of nitrogens with zero attached hydrogens (tertiary/aromatic N) is 2. The highest BCUT2D eigenvalue weighted by molar-refractivity contribution is 5.35. The minimum atomic E-state index is 0.434. The van der Waals surface area contributed by atoms with Crippen molar-refractivity contribution >= 4 is 5.82 Å². The van der Waals surface area contributed by atoms with E-state index in [1.165, 1.54) is 37.9 Å². The van der Waals surface area contributed by atoms with Crippen molar-refractivity contribution in [2.45, 2.75) is 46.6 Å². The lowest BCUT2D eigenvalue weighted by Gasteiger charge is -2.29. The fourth-order valence-corrected chi connectivity index (χ4v) is 3.09. The maximum absolute atomic E-state index is 5.42. The van der Waals surface area contributed by atoms with E-state index in [0.717, 1.165) is 18.3 Å². The average Bonchev–Trinajstić information content (AvgIpc) is 2.64. The zero-order valence-corrected chi connectivity index (χ0v) is 13.0. The third kappa shape index (κ3) is 4.18. The van der Waals surface area contributed by atoms with Gasteiger partial charge >= 0.3 is 0 Å². The van der Waals surface area contributed by atoms with E-state index >= 15 is 0 Å². The number of hydrazine groups is 1. The summed E-state index contributed by atoms with van der Waals surface area (Å²) >= 11 is 0. The van der Waals surface area contributed by atoms with E-state index in [0.29, 0.717) is 5.41 Å². The highest BCUT2D eigenvalue weighted by atomic mass is 15.2. The summed E-state index contributed by atoms with van der Waals surface area (Å²) in [5.74, 6) is 7.00. The molecular formula is C16H28N4. The van der Waals surface area contributed by atoms with Gasteiger partial charge in [0, 0.05) is 12.7 Å². The Morgan fingerprint density at radius 3 is 2.85 bits per heavy atom. The molecule has 0 saturated carbocycles. The van der Waals surface area contributed by atoms with Crippen molar-refractivity contribution in [2.75, 3.05) is 18.5 Å². The molecule has 1 aliphatic rings. The number of anilines is 1. The number of likely N-dealkylation sites (tertiary alicyclic amines) is 1. The maximum atomic E-state index is 5.42. The number of hydrogen-bond acceptors (Lipinski definition) is 4. The largest absolute Gasteiger partial charge is 0.308 e. The Labute approximate surface area is 122 Å². The second-order valence-electron chi connectivity index (χ2n) is 6.96. The lowest BCUT2D eigenvalue weighted by atomic mass is 9.77. The van der Waals surface area contributed by atoms with E-state index in [9.17, 15) is 0 Å². The predicted octanol–water partition coefficient (Wildman–Crippen LogP) is 3.02. The SMILES string of the molecule is CC(C)(C)C1CCCN(Cc2ccnc(NN)c2)CC1. The molecule has 1 aliphatic heterocycles. The van der Waals surface area contributed by atoms with Crippen LogP contribution in [0.1, 0.15) is 45.6 Å². The summed E-state index contributed by atoms with van der Waals surface area (Å²) < 4.78 is 0. The first kappa shape index (κ1) is 15.3. The molecule has 1 aromatic rings. The predicted molar refractivity (Wildman–Crippen MR) is 84.1 cm³/mol. The molecule has 0 spiro atoms. The molecule has 0 bridgehead atoms. The number of hydrogen-bond donors (Lipinski definition) is 2. The van der Waals surface area contributed by atoms with Gasteiger partial charge in [-0.05, 0) is 61.4 Å². The molecule has 0 radical (unpaired) electrons. The van der Waals surface area contributed by atoms with Crippen LogP contribution >= 0.6 is 0 Å². The van der Waals surface area contributed by atoms with E-state index in [1.54, 1.807) is 0 Å². The summed E-state index contributed by atoms with van der Waals surface area (Å²) in [7, 11) is 0. The van der Waals surface area contributed by atoms with Gasteiger partial charge in [-0.2, -0.15) is 0 Å². The standard InChI is InChI=1S/C16H28N4/c1-16(2,3)14-5-4-9-20(10-7-14)12-13-6-8-18-15(11-13)19-17/h6,8,11,14H,4-5,7,9-10,12,17H2,1-3H3,(H,18,19). The van der Waals surface area contributed by atoms with Crippen LogP contribution in [-0.2, 0) is 6.54 Å². The van der Waals surface area contributed by atoms with Crippen LogP contribution < -0.4 is 11.3 Å². The molecular weight excluding hydrogens is 248 g/mol. The highest BCUT2D eigenvalue weighted by Gasteiger charge is 2.26. The van der Waals surface area contributed by atoms with Crippen LogP contribution in [0.5, 0.6) is 0 Å². The molecule has 3 N–H and O–H groups in total. The average molecular weight is 276 g/mol. The maximum Gasteiger partial charge on any atom is 0.140 e. The molecule has 112 valence electrons. The third-order valence-corrected chi connectivity index (χ3v) is 4.42. The van der Waals surface area contributed by atoms with Gasteiger partial charge in [-0.1, -0.05) is 20.8 Å². The van der Waals surface area contributed by atoms with Gasteiger partial charge in [0.25, 0.3) is 0 Å². The Bertz CT molecular complexity index is 425. The second-order valence-corrected chi connectivity index (χ2v) is 6.96. The lowest BCUT2D eigenvalue weighted by molar-refractivity contribution is 0.206. The number of pyridine rings is 1. The van der Waals surface area contributed by atoms with Gasteiger partial charge < -0.3 is 5.43 Å². The van der Waals surface area contributed by atoms with Crippen LogP contribution in [0.2, 0.25) is 0 Å². The topological polar surface area (TPSA) is 54.2 Å². The summed E-state index contributed by atoms with van der Waals surface area (Å²) in [6.07, 6.45) is 5.78. The summed E-state index contributed by atoms with van der Waals surface area (Å²) in [6.45, 7) is 10.5. The molecule has 1 fully saturated rings. The molecule has 2 heterocycles. The molecule has 1 aromatic heterocycles. The van der Waals surface area contributed by atoms with Crippen LogP contribution in [0, 0.1) is 11.3 Å². The zero-order valence-electron chi connectivity index (χ0n) is 13.0. The van der Waals surface area contributed by atoms with Crippen molar-refractivity contribution in [3.8, 4) is 0 Å². The molecule has 1 atom stereocenters. The number of aromatic nitrogens is 1. The van der Waals surface area contributed by atoms with Gasteiger partial charge in [0.2, 0.25) is 0 Å². The Balaban J connectivity index is 1.94. The number of nitrogen functional groups attached to an aromatic ring is 1. The van der Waals surface area contributed by atoms with Gasteiger partial charge in [-0.15, -0.1) is 0 Å². The lowest BCUT2D eigenvalue weighted by Crippen LogP contribution is -2.26. The molecule has 4 heteroatoms. The fraction of sp³-hybridized carbons (Fsp3) is 0.688. The van der Waals surface area contributed by atoms with Gasteiger partial charge in [0.05, 0.1) is 0 Å². The number of nitrogens with two attached hydrogens (primary N) is 1. The van der Waals surface area contributed by atoms with Crippen molar-refractivity contribution in [2.24, 2.45) is 17.2 Å². The number of nitrogens with one attached hydrogen (secondary N) is 1. The monoisotopic (exact) mass is 276 g/mol. The molecule has 1 unspecified atom stereocenters. The van der Waals surface area contributed by atoms with Crippen LogP contribution in [-0.4, -0.2) is 23.0 Å². The zero-order chi connectivity index (χ0) is 14.6. The normalized spacial score (nSPS) is 21.5. The summed E-state index contributed by atoms with van der Waals surface area (Å²) in [4.78, 5) is 6.72. The molecule has 2 rings (SSSR count). The van der Waals surface area contributed by atoms with Crippen molar-refractivity contribution < 1.29 is 0 Å². The first-order chi connectivity index (χ1) is 9.49. The quantitative estimate of drug-likeness (QED) is 0.658. The van der Waals surface area contributed by atoms with E-state index in [1.807, 2.05) is 12.3 Å². The van der Waals surface area contributed by atoms with Crippen molar-refractivity contribution in [1.82, 2.24) is 9.88 Å². The van der Waals surface area contributed by atoms with Crippen LogP contribution in [0.15, 0.2) is 18.3 Å². The second kappa shape index (κ2) is 6.55. The van der Waals surface area contributed by atoms with Crippen LogP contribution in [0.4, 0.5) is 5.82 Å². The Morgan fingerprint density at radius 2 is 2.15 bits per heavy atom. The van der Waals surface area contributed by atoms with E-state index < -0.39 is 0 Å². The smallest absolute Gasteiger partial charge is 0.140 e. The molecule has 1 saturated heterocycles. The molecule has 0 amide bonds.